The Kier molecular flexibility index (Phi) is 3.34. The highest BCUT2D eigenvalue weighted by atomic mass is 16.7. The summed E-state index contributed by atoms with van der Waals surface area (Å²) >= 11 is 0. The fraction of sp³-hybridized carbons (Fsp3) is 0.357. The first kappa shape index (κ1) is 13.6. The number of nitrogens with one attached hydrogen (secondary N) is 1. The van der Waals surface area contributed by atoms with Crippen molar-refractivity contribution in [2.45, 2.75) is 31.4 Å². The zero-order valence-electron chi connectivity index (χ0n) is 11.1. The van der Waals surface area contributed by atoms with Gasteiger partial charge < -0.3 is 10.4 Å². The second kappa shape index (κ2) is 5.17. The minimum absolute atomic E-state index is 0.206. The van der Waals surface area contributed by atoms with E-state index in [4.69, 9.17) is 9.94 Å². The highest BCUT2D eigenvalue weighted by Crippen LogP contribution is 2.28. The molecule has 2 N–H and O–H groups in total. The number of imide groups is 1. The quantitative estimate of drug-likeness (QED) is 0.820. The van der Waals surface area contributed by atoms with Crippen LogP contribution >= 0.6 is 0 Å². The summed E-state index contributed by atoms with van der Waals surface area (Å²) in [7, 11) is 0. The number of nitrogens with zero attached hydrogens (tertiary/aromatic N) is 1. The van der Waals surface area contributed by atoms with Gasteiger partial charge in [0.25, 0.3) is 11.8 Å². The molecule has 2 atom stereocenters. The molecule has 2 aliphatic rings. The lowest BCUT2D eigenvalue weighted by molar-refractivity contribution is -0.129. The maximum atomic E-state index is 12.1. The predicted octanol–water partition coefficient (Wildman–Crippen LogP) is 1.40. The summed E-state index contributed by atoms with van der Waals surface area (Å²) in [5.41, 5.74) is 0.668. The van der Waals surface area contributed by atoms with E-state index in [1.165, 1.54) is 0 Å². The molecule has 0 unspecified atom stereocenters. The van der Waals surface area contributed by atoms with Crippen LogP contribution in [0.3, 0.4) is 0 Å². The van der Waals surface area contributed by atoms with E-state index < -0.39 is 17.9 Å². The van der Waals surface area contributed by atoms with E-state index in [1.807, 2.05) is 0 Å². The van der Waals surface area contributed by atoms with E-state index in [2.05, 4.69) is 5.32 Å². The average molecular weight is 290 g/mol. The SMILES string of the molecule is O=C(O)N[C@@H]1CC[C@H](ON2C(=O)c3ccccc3C2=O)C1. The van der Waals surface area contributed by atoms with Crippen molar-refractivity contribution in [3.63, 3.8) is 0 Å². The van der Waals surface area contributed by atoms with Gasteiger partial charge in [-0.1, -0.05) is 12.1 Å². The largest absolute Gasteiger partial charge is 0.465 e. The van der Waals surface area contributed by atoms with Crippen molar-refractivity contribution in [3.8, 4) is 0 Å². The number of carboxylic acid groups (broad SMARTS) is 1. The molecular formula is C14H14N2O5. The number of carbonyl (C=O) groups excluding carboxylic acids is 2. The standard InChI is InChI=1S/C14H14N2O5/c17-12-10-3-1-2-4-11(10)13(18)16(12)21-9-6-5-8(7-9)15-14(19)20/h1-4,8-9,15H,5-7H2,(H,19,20)/t8-,9+/m1/s1. The average Bonchev–Trinajstić information content (AvgIpc) is 2.98. The van der Waals surface area contributed by atoms with Crippen LogP contribution in [-0.2, 0) is 4.84 Å². The number of carbonyl (C=O) groups is 3. The molecule has 3 amide bonds. The van der Waals surface area contributed by atoms with Gasteiger partial charge in [-0.05, 0) is 31.4 Å². The van der Waals surface area contributed by atoms with Crippen LogP contribution in [0, 0.1) is 0 Å². The molecule has 0 radical (unpaired) electrons. The van der Waals surface area contributed by atoms with Gasteiger partial charge in [0.05, 0.1) is 17.2 Å². The highest BCUT2D eigenvalue weighted by Gasteiger charge is 2.39. The molecule has 1 heterocycles. The summed E-state index contributed by atoms with van der Waals surface area (Å²) in [4.78, 5) is 40.3. The fourth-order valence-electron chi connectivity index (χ4n) is 2.75. The molecule has 110 valence electrons. The molecule has 0 spiro atoms. The normalized spacial score (nSPS) is 24.3. The number of amides is 3. The molecule has 1 aromatic rings. The fourth-order valence-corrected chi connectivity index (χ4v) is 2.75. The summed E-state index contributed by atoms with van der Waals surface area (Å²) in [6.07, 6.45) is 0.239. The van der Waals surface area contributed by atoms with Gasteiger partial charge in [0.15, 0.2) is 0 Å². The van der Waals surface area contributed by atoms with E-state index in [-0.39, 0.29) is 12.1 Å². The van der Waals surface area contributed by atoms with Crippen molar-refractivity contribution >= 4 is 17.9 Å². The number of benzene rings is 1. The molecule has 7 nitrogen and oxygen atoms in total. The molecule has 0 aromatic heterocycles. The molecule has 1 aliphatic heterocycles. The highest BCUT2D eigenvalue weighted by molar-refractivity contribution is 6.20. The maximum absolute atomic E-state index is 12.1. The topological polar surface area (TPSA) is 95.9 Å². The van der Waals surface area contributed by atoms with Crippen molar-refractivity contribution in [1.82, 2.24) is 10.4 Å². The van der Waals surface area contributed by atoms with Gasteiger partial charge in [0.2, 0.25) is 0 Å². The van der Waals surface area contributed by atoms with Gasteiger partial charge in [-0.2, -0.15) is 0 Å². The van der Waals surface area contributed by atoms with Crippen molar-refractivity contribution in [1.29, 1.82) is 0 Å². The summed E-state index contributed by atoms with van der Waals surface area (Å²) in [6.45, 7) is 0. The molecule has 1 aromatic carbocycles. The Hall–Kier alpha value is -2.41. The lowest BCUT2D eigenvalue weighted by Crippen LogP contribution is -2.35. The number of rotatable bonds is 3. The van der Waals surface area contributed by atoms with Crippen LogP contribution < -0.4 is 5.32 Å². The predicted molar refractivity (Wildman–Crippen MR) is 70.6 cm³/mol. The van der Waals surface area contributed by atoms with Gasteiger partial charge in [0, 0.05) is 6.04 Å². The zero-order chi connectivity index (χ0) is 15.0. The van der Waals surface area contributed by atoms with Crippen molar-refractivity contribution < 1.29 is 24.3 Å². The third-order valence-electron chi connectivity index (χ3n) is 3.72. The smallest absolute Gasteiger partial charge is 0.404 e. The van der Waals surface area contributed by atoms with Crippen molar-refractivity contribution in [3.05, 3.63) is 35.4 Å². The summed E-state index contributed by atoms with van der Waals surface area (Å²) < 4.78 is 0. The Labute approximate surface area is 120 Å². The van der Waals surface area contributed by atoms with Gasteiger partial charge in [-0.15, -0.1) is 5.06 Å². The molecule has 1 aliphatic carbocycles. The van der Waals surface area contributed by atoms with E-state index in [9.17, 15) is 14.4 Å². The Morgan fingerprint density at radius 3 is 2.38 bits per heavy atom. The van der Waals surface area contributed by atoms with Crippen molar-refractivity contribution in [2.24, 2.45) is 0 Å². The summed E-state index contributed by atoms with van der Waals surface area (Å²) in [5, 5.41) is 11.9. The van der Waals surface area contributed by atoms with Gasteiger partial charge in [0.1, 0.15) is 0 Å². The van der Waals surface area contributed by atoms with Crippen LogP contribution in [0.15, 0.2) is 24.3 Å². The maximum Gasteiger partial charge on any atom is 0.404 e. The first-order valence-corrected chi connectivity index (χ1v) is 6.70. The second-order valence-electron chi connectivity index (χ2n) is 5.14. The van der Waals surface area contributed by atoms with Crippen LogP contribution in [0.2, 0.25) is 0 Å². The Bertz CT molecular complexity index is 580. The molecule has 3 rings (SSSR count). The zero-order valence-corrected chi connectivity index (χ0v) is 11.1. The van der Waals surface area contributed by atoms with Gasteiger partial charge in [-0.25, -0.2) is 4.79 Å². The van der Waals surface area contributed by atoms with Crippen LogP contribution in [0.25, 0.3) is 0 Å². The monoisotopic (exact) mass is 290 g/mol. The van der Waals surface area contributed by atoms with E-state index in [1.54, 1.807) is 24.3 Å². The molecule has 1 saturated carbocycles. The van der Waals surface area contributed by atoms with Crippen LogP contribution in [0.1, 0.15) is 40.0 Å². The Morgan fingerprint density at radius 1 is 1.19 bits per heavy atom. The second-order valence-corrected chi connectivity index (χ2v) is 5.14. The van der Waals surface area contributed by atoms with E-state index in [0.717, 1.165) is 5.06 Å². The molecule has 7 heteroatoms. The number of fused-ring (bicyclic) bond motifs is 1. The molecule has 0 saturated heterocycles. The number of hydrogen-bond donors (Lipinski definition) is 2. The first-order chi connectivity index (χ1) is 10.1. The van der Waals surface area contributed by atoms with Crippen LogP contribution in [0.5, 0.6) is 0 Å². The third-order valence-corrected chi connectivity index (χ3v) is 3.72. The Morgan fingerprint density at radius 2 is 1.81 bits per heavy atom. The Balaban J connectivity index is 1.66. The minimum atomic E-state index is -1.08. The number of hydroxylamine groups is 2. The summed E-state index contributed by atoms with van der Waals surface area (Å²) in [5.74, 6) is -0.935. The molecular weight excluding hydrogens is 276 g/mol. The van der Waals surface area contributed by atoms with E-state index >= 15 is 0 Å². The lowest BCUT2D eigenvalue weighted by atomic mass is 10.1. The van der Waals surface area contributed by atoms with Crippen molar-refractivity contribution in [2.75, 3.05) is 0 Å². The summed E-state index contributed by atoms with van der Waals surface area (Å²) in [6, 6.07) is 6.35. The van der Waals surface area contributed by atoms with Gasteiger partial charge >= 0.3 is 6.09 Å². The number of hydrogen-bond acceptors (Lipinski definition) is 4. The molecule has 0 bridgehead atoms. The van der Waals surface area contributed by atoms with Crippen LogP contribution in [0.4, 0.5) is 4.79 Å². The first-order valence-electron chi connectivity index (χ1n) is 6.70. The molecule has 1 fully saturated rings. The molecule has 21 heavy (non-hydrogen) atoms. The van der Waals surface area contributed by atoms with E-state index in [0.29, 0.717) is 30.4 Å². The third kappa shape index (κ3) is 2.47. The minimum Gasteiger partial charge on any atom is -0.465 e. The lowest BCUT2D eigenvalue weighted by Gasteiger charge is -2.18. The van der Waals surface area contributed by atoms with Crippen LogP contribution in [-0.4, -0.2) is 40.2 Å². The van der Waals surface area contributed by atoms with Gasteiger partial charge in [-0.3, -0.25) is 14.4 Å².